The lowest BCUT2D eigenvalue weighted by Gasteiger charge is -2.26. The first kappa shape index (κ1) is 21.7. The maximum atomic E-state index is 13.8. The number of hydrogen-bond acceptors (Lipinski definition) is 8. The zero-order valence-corrected chi connectivity index (χ0v) is 18.8. The normalized spacial score (nSPS) is 20.3. The summed E-state index contributed by atoms with van der Waals surface area (Å²) in [5.41, 5.74) is 5.43. The van der Waals surface area contributed by atoms with Crippen LogP contribution in [0.25, 0.3) is 0 Å². The molecule has 2 aliphatic heterocycles. The van der Waals surface area contributed by atoms with E-state index in [1.807, 2.05) is 0 Å². The van der Waals surface area contributed by atoms with Crippen molar-refractivity contribution < 1.29 is 28.7 Å². The number of fused-ring (bicyclic) bond motifs is 2. The Balaban J connectivity index is 1.61. The third kappa shape index (κ3) is 3.30. The van der Waals surface area contributed by atoms with Gasteiger partial charge in [0.1, 0.15) is 11.6 Å². The van der Waals surface area contributed by atoms with E-state index in [-0.39, 0.29) is 18.1 Å². The highest BCUT2D eigenvalue weighted by atomic mass is 32.1. The minimum atomic E-state index is -1.64. The fourth-order valence-corrected chi connectivity index (χ4v) is 4.93. The molecule has 0 bridgehead atoms. The van der Waals surface area contributed by atoms with E-state index >= 15 is 0 Å². The van der Waals surface area contributed by atoms with Crippen LogP contribution in [0.5, 0.6) is 11.5 Å². The number of Topliss-reactive ketones (excluding diaryl/α,β-unsaturated/α-hetero) is 1. The number of anilines is 1. The number of amides is 2. The Morgan fingerprint density at radius 1 is 1.18 bits per heavy atom. The number of carbonyl (C=O) groups is 3. The standard InChI is InChI=1S/C24H19N3O6S/c1-31-17-11-13(8-9-16(17)32-12-19(25)28)21-20(22(29)18-7-4-10-34-18)24(33-27-21)14-5-2-3-6-15(14)26-23(24)30/h2-11,20H,12H2,1H3,(H2,25,28)(H,26,30)/t20-,24-/m0/s1. The van der Waals surface area contributed by atoms with E-state index in [1.54, 1.807) is 60.0 Å². The number of carbonyl (C=O) groups excluding carboxylic acids is 3. The molecule has 34 heavy (non-hydrogen) atoms. The van der Waals surface area contributed by atoms with Crippen LogP contribution in [-0.4, -0.2) is 37.0 Å². The minimum Gasteiger partial charge on any atom is -0.493 e. The Hall–Kier alpha value is -4.18. The molecule has 2 atom stereocenters. The number of primary amides is 1. The molecule has 0 saturated carbocycles. The van der Waals surface area contributed by atoms with Gasteiger partial charge in [0.25, 0.3) is 17.4 Å². The highest BCUT2D eigenvalue weighted by molar-refractivity contribution is 7.12. The van der Waals surface area contributed by atoms with Gasteiger partial charge in [-0.2, -0.15) is 0 Å². The molecule has 1 spiro atoms. The summed E-state index contributed by atoms with van der Waals surface area (Å²) in [5, 5.41) is 8.86. The number of hydrogen-bond donors (Lipinski definition) is 2. The minimum absolute atomic E-state index is 0.282. The monoisotopic (exact) mass is 477 g/mol. The van der Waals surface area contributed by atoms with Crippen LogP contribution in [0, 0.1) is 5.92 Å². The number of oxime groups is 1. The Labute approximate surface area is 198 Å². The number of benzene rings is 2. The molecule has 9 nitrogen and oxygen atoms in total. The Morgan fingerprint density at radius 2 is 2.00 bits per heavy atom. The zero-order chi connectivity index (χ0) is 23.9. The Morgan fingerprint density at radius 3 is 2.74 bits per heavy atom. The summed E-state index contributed by atoms with van der Waals surface area (Å²) in [7, 11) is 1.44. The van der Waals surface area contributed by atoms with Gasteiger partial charge in [0.2, 0.25) is 0 Å². The molecule has 2 amide bonds. The molecule has 1 aromatic heterocycles. The summed E-state index contributed by atoms with van der Waals surface area (Å²) in [6.45, 7) is -0.320. The van der Waals surface area contributed by atoms with E-state index < -0.39 is 23.3 Å². The van der Waals surface area contributed by atoms with Crippen molar-refractivity contribution in [1.29, 1.82) is 0 Å². The van der Waals surface area contributed by atoms with Gasteiger partial charge in [-0.25, -0.2) is 0 Å². The molecular formula is C24H19N3O6S. The summed E-state index contributed by atoms with van der Waals surface area (Å²) < 4.78 is 10.8. The van der Waals surface area contributed by atoms with Crippen molar-refractivity contribution in [3.05, 3.63) is 76.0 Å². The lowest BCUT2D eigenvalue weighted by molar-refractivity contribution is -0.140. The van der Waals surface area contributed by atoms with Gasteiger partial charge >= 0.3 is 0 Å². The predicted octanol–water partition coefficient (Wildman–Crippen LogP) is 2.70. The van der Waals surface area contributed by atoms with Gasteiger partial charge in [0.05, 0.1) is 12.0 Å². The second kappa shape index (κ2) is 8.31. The number of methoxy groups -OCH3 is 1. The first-order chi connectivity index (χ1) is 16.5. The van der Waals surface area contributed by atoms with Gasteiger partial charge in [-0.15, -0.1) is 11.3 Å². The van der Waals surface area contributed by atoms with E-state index in [1.165, 1.54) is 18.4 Å². The molecule has 5 rings (SSSR count). The molecule has 0 saturated heterocycles. The average Bonchev–Trinajstić information content (AvgIpc) is 3.57. The lowest BCUT2D eigenvalue weighted by atomic mass is 9.75. The van der Waals surface area contributed by atoms with Crippen LogP contribution < -0.4 is 20.5 Å². The topological polar surface area (TPSA) is 129 Å². The van der Waals surface area contributed by atoms with Gasteiger partial charge in [0.15, 0.2) is 23.9 Å². The Bertz CT molecular complexity index is 1340. The van der Waals surface area contributed by atoms with Gasteiger partial charge in [-0.1, -0.05) is 29.4 Å². The molecule has 3 heterocycles. The van der Waals surface area contributed by atoms with Crippen LogP contribution in [-0.2, 0) is 20.0 Å². The Kier molecular flexibility index (Phi) is 5.29. The molecule has 10 heteroatoms. The first-order valence-corrected chi connectivity index (χ1v) is 11.2. The number of ketones is 1. The third-order valence-corrected chi connectivity index (χ3v) is 6.62. The highest BCUT2D eigenvalue weighted by Gasteiger charge is 2.63. The van der Waals surface area contributed by atoms with Crippen molar-refractivity contribution in [2.75, 3.05) is 19.0 Å². The van der Waals surface area contributed by atoms with Crippen molar-refractivity contribution >= 4 is 40.3 Å². The van der Waals surface area contributed by atoms with E-state index in [2.05, 4.69) is 10.5 Å². The molecule has 3 N–H and O–H groups in total. The van der Waals surface area contributed by atoms with Gasteiger partial charge in [-0.05, 0) is 35.7 Å². The van der Waals surface area contributed by atoms with Crippen LogP contribution in [0.2, 0.25) is 0 Å². The van der Waals surface area contributed by atoms with Crippen molar-refractivity contribution in [2.24, 2.45) is 16.8 Å². The molecule has 3 aromatic rings. The summed E-state index contributed by atoms with van der Waals surface area (Å²) in [6, 6.07) is 15.4. The lowest BCUT2D eigenvalue weighted by Crippen LogP contribution is -2.46. The van der Waals surface area contributed by atoms with Crippen molar-refractivity contribution in [1.82, 2.24) is 0 Å². The molecule has 0 aliphatic carbocycles. The number of ether oxygens (including phenoxy) is 2. The predicted molar refractivity (Wildman–Crippen MR) is 124 cm³/mol. The fraction of sp³-hybridized carbons (Fsp3) is 0.167. The molecule has 2 aliphatic rings. The van der Waals surface area contributed by atoms with Crippen LogP contribution in [0.1, 0.15) is 20.8 Å². The molecule has 2 aromatic carbocycles. The second-order valence-corrected chi connectivity index (χ2v) is 8.65. The van der Waals surface area contributed by atoms with E-state index in [0.717, 1.165) is 0 Å². The zero-order valence-electron chi connectivity index (χ0n) is 17.9. The van der Waals surface area contributed by atoms with E-state index in [0.29, 0.717) is 33.2 Å². The van der Waals surface area contributed by atoms with Crippen molar-refractivity contribution in [3.8, 4) is 11.5 Å². The smallest absolute Gasteiger partial charge is 0.277 e. The highest BCUT2D eigenvalue weighted by Crippen LogP contribution is 2.50. The second-order valence-electron chi connectivity index (χ2n) is 7.70. The van der Waals surface area contributed by atoms with Crippen LogP contribution >= 0.6 is 11.3 Å². The van der Waals surface area contributed by atoms with E-state index in [4.69, 9.17) is 20.0 Å². The molecule has 0 radical (unpaired) electrons. The molecular weight excluding hydrogens is 458 g/mol. The first-order valence-electron chi connectivity index (χ1n) is 10.3. The number of para-hydroxylation sites is 1. The van der Waals surface area contributed by atoms with Crippen LogP contribution in [0.15, 0.2) is 65.1 Å². The number of thiophene rings is 1. The van der Waals surface area contributed by atoms with Gasteiger partial charge < -0.3 is 25.4 Å². The summed E-state index contributed by atoms with van der Waals surface area (Å²) in [4.78, 5) is 44.5. The summed E-state index contributed by atoms with van der Waals surface area (Å²) in [5.74, 6) is -1.82. The molecule has 172 valence electrons. The third-order valence-electron chi connectivity index (χ3n) is 5.74. The number of nitrogens with one attached hydrogen (secondary N) is 1. The number of nitrogens with zero attached hydrogens (tertiary/aromatic N) is 1. The van der Waals surface area contributed by atoms with Crippen molar-refractivity contribution in [3.63, 3.8) is 0 Å². The van der Waals surface area contributed by atoms with Crippen LogP contribution in [0.3, 0.4) is 0 Å². The molecule has 0 fully saturated rings. The average molecular weight is 477 g/mol. The summed E-state index contributed by atoms with van der Waals surface area (Å²) >= 11 is 1.28. The van der Waals surface area contributed by atoms with Gasteiger partial charge in [0, 0.05) is 16.8 Å². The van der Waals surface area contributed by atoms with Crippen molar-refractivity contribution in [2.45, 2.75) is 5.60 Å². The SMILES string of the molecule is COc1cc(C2=NO[C@]3(C(=O)Nc4ccccc43)[C@@H]2C(=O)c2cccs2)ccc1OCC(N)=O. The quantitative estimate of drug-likeness (QED) is 0.504. The maximum Gasteiger partial charge on any atom is 0.277 e. The largest absolute Gasteiger partial charge is 0.493 e. The number of nitrogens with two attached hydrogens (primary N) is 1. The fourth-order valence-electron chi connectivity index (χ4n) is 4.23. The van der Waals surface area contributed by atoms with Crippen LogP contribution in [0.4, 0.5) is 5.69 Å². The van der Waals surface area contributed by atoms with E-state index in [9.17, 15) is 14.4 Å². The molecule has 0 unspecified atom stereocenters. The maximum absolute atomic E-state index is 13.8. The van der Waals surface area contributed by atoms with Gasteiger partial charge in [-0.3, -0.25) is 14.4 Å². The number of rotatable bonds is 7. The summed E-state index contributed by atoms with van der Waals surface area (Å²) in [6.07, 6.45) is 0.